The molecule has 3 aliphatic rings. The fraction of sp³-hybridized carbons (Fsp3) is 0.526. The van der Waals surface area contributed by atoms with Crippen molar-refractivity contribution in [2.45, 2.75) is 32.8 Å². The number of halogens is 1. The van der Waals surface area contributed by atoms with Crippen molar-refractivity contribution in [3.05, 3.63) is 27.7 Å². The Morgan fingerprint density at radius 1 is 1.27 bits per heavy atom. The average Bonchev–Trinajstić information content (AvgIpc) is 3.19. The summed E-state index contributed by atoms with van der Waals surface area (Å²) in [7, 11) is 0. The van der Waals surface area contributed by atoms with Gasteiger partial charge >= 0.3 is 11.9 Å². The van der Waals surface area contributed by atoms with E-state index >= 15 is 0 Å². The number of ether oxygens (including phenoxy) is 2. The summed E-state index contributed by atoms with van der Waals surface area (Å²) in [5.41, 5.74) is 2.67. The van der Waals surface area contributed by atoms with Crippen LogP contribution in [-0.4, -0.2) is 30.6 Å². The predicted octanol–water partition coefficient (Wildman–Crippen LogP) is 2.75. The van der Waals surface area contributed by atoms with Gasteiger partial charge < -0.3 is 14.8 Å². The number of carbonyl (C=O) groups excluding carboxylic acids is 3. The Kier molecular flexibility index (Phi) is 4.29. The molecule has 2 bridgehead atoms. The maximum Gasteiger partial charge on any atom is 0.310 e. The molecule has 2 saturated carbocycles. The molecule has 5 atom stereocenters. The minimum atomic E-state index is -0.462. The normalized spacial score (nSPS) is 31.0. The second kappa shape index (κ2) is 6.37. The van der Waals surface area contributed by atoms with Gasteiger partial charge in [-0.25, -0.2) is 0 Å². The van der Waals surface area contributed by atoms with Gasteiger partial charge in [0.1, 0.15) is 6.10 Å². The third kappa shape index (κ3) is 2.82. The van der Waals surface area contributed by atoms with Crippen molar-refractivity contribution < 1.29 is 23.9 Å². The summed E-state index contributed by atoms with van der Waals surface area (Å²) in [6.45, 7) is 3.53. The zero-order valence-electron chi connectivity index (χ0n) is 14.6. The lowest BCUT2D eigenvalue weighted by Crippen LogP contribution is -2.34. The standard InChI is InChI=1S/C19H20BrNO5/c1-8-3-11(4-9(2)17(8)20)21-14(22)7-25-18(23)15-10-5-12-13(6-10)26-19(24)16(12)15/h3-4,10,12-13,15-16H,5-7H2,1-2H3,(H,21,22)/t10-,12-,13+,15-,16-/m0/s1. The highest BCUT2D eigenvalue weighted by Crippen LogP contribution is 2.57. The molecule has 1 saturated heterocycles. The summed E-state index contributed by atoms with van der Waals surface area (Å²) in [6, 6.07) is 3.70. The van der Waals surface area contributed by atoms with E-state index in [0.717, 1.165) is 28.4 Å². The SMILES string of the molecule is Cc1cc(NC(=O)COC(=O)[C@H]2[C@H]3C[C@@H]4[C@@H]2C(=O)O[C@@H]4C3)cc(C)c1Br. The molecule has 7 heteroatoms. The van der Waals surface area contributed by atoms with Gasteiger partial charge in [-0.1, -0.05) is 15.9 Å². The van der Waals surface area contributed by atoms with E-state index in [0.29, 0.717) is 5.69 Å². The number of carbonyl (C=O) groups is 3. The Morgan fingerprint density at radius 2 is 1.96 bits per heavy atom. The van der Waals surface area contributed by atoms with E-state index in [4.69, 9.17) is 9.47 Å². The number of aryl methyl sites for hydroxylation is 2. The highest BCUT2D eigenvalue weighted by atomic mass is 79.9. The zero-order valence-corrected chi connectivity index (χ0v) is 16.2. The van der Waals surface area contributed by atoms with Crippen molar-refractivity contribution in [3.8, 4) is 0 Å². The van der Waals surface area contributed by atoms with Crippen LogP contribution in [-0.2, 0) is 23.9 Å². The van der Waals surface area contributed by atoms with Gasteiger partial charge in [-0.05, 0) is 55.9 Å². The second-order valence-corrected chi connectivity index (χ2v) is 8.30. The molecule has 0 unspecified atom stereocenters. The summed E-state index contributed by atoms with van der Waals surface area (Å²) < 4.78 is 11.6. The van der Waals surface area contributed by atoms with Gasteiger partial charge in [0.15, 0.2) is 6.61 Å². The quantitative estimate of drug-likeness (QED) is 0.755. The van der Waals surface area contributed by atoms with Crippen LogP contribution in [0.25, 0.3) is 0 Å². The van der Waals surface area contributed by atoms with Gasteiger partial charge in [-0.2, -0.15) is 0 Å². The van der Waals surface area contributed by atoms with Gasteiger partial charge in [-0.15, -0.1) is 0 Å². The number of hydrogen-bond donors (Lipinski definition) is 1. The lowest BCUT2D eigenvalue weighted by atomic mass is 9.80. The Bertz CT molecular complexity index is 782. The molecule has 1 aromatic rings. The molecule has 1 amide bonds. The van der Waals surface area contributed by atoms with Crippen LogP contribution in [0.3, 0.4) is 0 Å². The van der Waals surface area contributed by atoms with E-state index in [-0.39, 0.29) is 36.4 Å². The molecule has 1 N–H and O–H groups in total. The molecule has 4 rings (SSSR count). The number of rotatable bonds is 4. The average molecular weight is 422 g/mol. The largest absolute Gasteiger partial charge is 0.462 e. The fourth-order valence-corrected chi connectivity index (χ4v) is 5.00. The predicted molar refractivity (Wildman–Crippen MR) is 96.3 cm³/mol. The minimum absolute atomic E-state index is 0.0197. The Hall–Kier alpha value is -1.89. The number of esters is 2. The fourth-order valence-electron chi connectivity index (χ4n) is 4.77. The van der Waals surface area contributed by atoms with Crippen LogP contribution < -0.4 is 5.32 Å². The smallest absolute Gasteiger partial charge is 0.310 e. The molecule has 0 radical (unpaired) electrons. The van der Waals surface area contributed by atoms with E-state index in [1.54, 1.807) is 0 Å². The van der Waals surface area contributed by atoms with Crippen LogP contribution in [0.4, 0.5) is 5.69 Å². The minimum Gasteiger partial charge on any atom is -0.462 e. The van der Waals surface area contributed by atoms with Crippen LogP contribution in [0.15, 0.2) is 16.6 Å². The summed E-state index contributed by atoms with van der Waals surface area (Å²) >= 11 is 3.48. The van der Waals surface area contributed by atoms with Gasteiger partial charge in [0.2, 0.25) is 0 Å². The van der Waals surface area contributed by atoms with E-state index in [1.165, 1.54) is 0 Å². The highest BCUT2D eigenvalue weighted by Gasteiger charge is 2.64. The van der Waals surface area contributed by atoms with Gasteiger partial charge in [0, 0.05) is 16.1 Å². The lowest BCUT2D eigenvalue weighted by molar-refractivity contribution is -0.157. The molecule has 3 fully saturated rings. The highest BCUT2D eigenvalue weighted by molar-refractivity contribution is 9.10. The van der Waals surface area contributed by atoms with Gasteiger partial charge in [-0.3, -0.25) is 14.4 Å². The Morgan fingerprint density at radius 3 is 2.65 bits per heavy atom. The zero-order chi connectivity index (χ0) is 18.6. The van der Waals surface area contributed by atoms with Crippen molar-refractivity contribution in [3.63, 3.8) is 0 Å². The van der Waals surface area contributed by atoms with Crippen molar-refractivity contribution in [1.82, 2.24) is 0 Å². The molecular weight excluding hydrogens is 402 g/mol. The van der Waals surface area contributed by atoms with Crippen LogP contribution >= 0.6 is 15.9 Å². The van der Waals surface area contributed by atoms with Crippen molar-refractivity contribution in [1.29, 1.82) is 0 Å². The molecule has 6 nitrogen and oxygen atoms in total. The molecule has 26 heavy (non-hydrogen) atoms. The topological polar surface area (TPSA) is 81.7 Å². The number of hydrogen-bond acceptors (Lipinski definition) is 5. The molecule has 1 aromatic carbocycles. The molecule has 138 valence electrons. The van der Waals surface area contributed by atoms with E-state index in [9.17, 15) is 14.4 Å². The number of amides is 1. The maximum atomic E-state index is 12.5. The summed E-state index contributed by atoms with van der Waals surface area (Å²) in [4.78, 5) is 36.6. The number of benzene rings is 1. The second-order valence-electron chi connectivity index (χ2n) is 7.50. The van der Waals surface area contributed by atoms with E-state index in [2.05, 4.69) is 21.2 Å². The van der Waals surface area contributed by atoms with Gasteiger partial charge in [0.05, 0.1) is 11.8 Å². The molecule has 2 aliphatic carbocycles. The van der Waals surface area contributed by atoms with Crippen molar-refractivity contribution >= 4 is 39.5 Å². The Balaban J connectivity index is 1.35. The lowest BCUT2D eigenvalue weighted by Gasteiger charge is -2.22. The molecule has 1 aliphatic heterocycles. The summed E-state index contributed by atoms with van der Waals surface area (Å²) in [6.07, 6.45) is 1.55. The van der Waals surface area contributed by atoms with Crippen LogP contribution in [0.5, 0.6) is 0 Å². The molecule has 0 spiro atoms. The first kappa shape index (κ1) is 17.5. The van der Waals surface area contributed by atoms with Crippen molar-refractivity contribution in [2.24, 2.45) is 23.7 Å². The maximum absolute atomic E-state index is 12.5. The third-order valence-corrected chi connectivity index (χ3v) is 7.07. The summed E-state index contributed by atoms with van der Waals surface area (Å²) in [5.74, 6) is -1.71. The third-order valence-electron chi connectivity index (χ3n) is 5.82. The first-order chi connectivity index (χ1) is 12.3. The number of fused-ring (bicyclic) bond motifs is 1. The van der Waals surface area contributed by atoms with E-state index < -0.39 is 17.8 Å². The summed E-state index contributed by atoms with van der Waals surface area (Å²) in [5, 5.41) is 2.74. The van der Waals surface area contributed by atoms with Crippen LogP contribution in [0, 0.1) is 37.5 Å². The first-order valence-electron chi connectivity index (χ1n) is 8.79. The monoisotopic (exact) mass is 421 g/mol. The molecule has 0 aromatic heterocycles. The molecule has 1 heterocycles. The van der Waals surface area contributed by atoms with Crippen LogP contribution in [0.1, 0.15) is 24.0 Å². The first-order valence-corrected chi connectivity index (χ1v) is 9.58. The Labute approximate surface area is 159 Å². The van der Waals surface area contributed by atoms with Crippen LogP contribution in [0.2, 0.25) is 0 Å². The number of nitrogens with one attached hydrogen (secondary N) is 1. The van der Waals surface area contributed by atoms with Gasteiger partial charge in [0.25, 0.3) is 5.91 Å². The molecular formula is C19H20BrNO5. The van der Waals surface area contributed by atoms with E-state index in [1.807, 2.05) is 26.0 Å². The number of anilines is 1. The van der Waals surface area contributed by atoms with Crippen molar-refractivity contribution in [2.75, 3.05) is 11.9 Å².